The molecule has 7 nitrogen and oxygen atoms in total. The lowest BCUT2D eigenvalue weighted by Gasteiger charge is -2.15. The van der Waals surface area contributed by atoms with E-state index in [4.69, 9.17) is 9.47 Å². The van der Waals surface area contributed by atoms with E-state index in [1.807, 2.05) is 19.2 Å². The molecule has 2 rings (SSSR count). The van der Waals surface area contributed by atoms with E-state index in [1.54, 1.807) is 23.0 Å². The summed E-state index contributed by atoms with van der Waals surface area (Å²) in [5.41, 5.74) is 0. The van der Waals surface area contributed by atoms with Gasteiger partial charge in [-0.3, -0.25) is 4.68 Å². The highest BCUT2D eigenvalue weighted by atomic mass is 32.2. The lowest BCUT2D eigenvalue weighted by molar-refractivity contribution is 0.391. The molecule has 23 heavy (non-hydrogen) atoms. The summed E-state index contributed by atoms with van der Waals surface area (Å²) >= 11 is 0. The molecule has 1 aromatic heterocycles. The predicted octanol–water partition coefficient (Wildman–Crippen LogP) is 1.51. The van der Waals surface area contributed by atoms with Crippen molar-refractivity contribution >= 4 is 10.0 Å². The number of nitrogens with one attached hydrogen (secondary N) is 1. The van der Waals surface area contributed by atoms with Crippen molar-refractivity contribution in [1.29, 1.82) is 0 Å². The van der Waals surface area contributed by atoms with Crippen LogP contribution >= 0.6 is 0 Å². The van der Waals surface area contributed by atoms with Crippen LogP contribution in [0.1, 0.15) is 6.92 Å². The molecule has 2 aromatic rings. The van der Waals surface area contributed by atoms with Crippen LogP contribution < -0.4 is 14.2 Å². The Hall–Kier alpha value is -2.06. The average Bonchev–Trinajstić information content (AvgIpc) is 3.05. The fourth-order valence-electron chi connectivity index (χ4n) is 2.12. The van der Waals surface area contributed by atoms with Gasteiger partial charge >= 0.3 is 0 Å². The molecule has 1 N–H and O–H groups in total. The molecular weight excluding hydrogens is 318 g/mol. The van der Waals surface area contributed by atoms with Gasteiger partial charge in [0.25, 0.3) is 0 Å². The highest BCUT2D eigenvalue weighted by Gasteiger charge is 2.21. The lowest BCUT2D eigenvalue weighted by Crippen LogP contribution is -2.30. The summed E-state index contributed by atoms with van der Waals surface area (Å²) in [6.07, 6.45) is 3.54. The molecule has 0 fully saturated rings. The van der Waals surface area contributed by atoms with Gasteiger partial charge in [-0.25, -0.2) is 13.1 Å². The van der Waals surface area contributed by atoms with Crippen molar-refractivity contribution in [3.8, 4) is 11.5 Å². The van der Waals surface area contributed by atoms with E-state index >= 15 is 0 Å². The van der Waals surface area contributed by atoms with Crippen LogP contribution in [-0.2, 0) is 16.6 Å². The van der Waals surface area contributed by atoms with Crippen LogP contribution in [0.15, 0.2) is 41.6 Å². The van der Waals surface area contributed by atoms with E-state index in [9.17, 15) is 8.42 Å². The first-order valence-corrected chi connectivity index (χ1v) is 8.63. The zero-order chi connectivity index (χ0) is 16.9. The molecule has 0 bridgehead atoms. The van der Waals surface area contributed by atoms with Gasteiger partial charge in [0.1, 0.15) is 16.4 Å². The highest BCUT2D eigenvalue weighted by Crippen LogP contribution is 2.28. The standard InChI is InChI=1S/C15H21N3O4S/c1-12(11-18-8-4-7-16-18)10-17-23(19,20)15-9-13(21-2)5-6-14(15)22-3/h4-9,12,17H,10-11H2,1-3H3/t12-/m0/s1. The topological polar surface area (TPSA) is 82.5 Å². The van der Waals surface area contributed by atoms with E-state index < -0.39 is 10.0 Å². The van der Waals surface area contributed by atoms with Crippen LogP contribution in [0.4, 0.5) is 0 Å². The molecule has 126 valence electrons. The van der Waals surface area contributed by atoms with Crippen molar-refractivity contribution in [1.82, 2.24) is 14.5 Å². The van der Waals surface area contributed by atoms with E-state index in [0.717, 1.165) is 0 Å². The molecule has 8 heteroatoms. The molecule has 0 saturated heterocycles. The third-order valence-corrected chi connectivity index (χ3v) is 4.78. The van der Waals surface area contributed by atoms with Crippen LogP contribution in [0.5, 0.6) is 11.5 Å². The smallest absolute Gasteiger partial charge is 0.244 e. The van der Waals surface area contributed by atoms with Crippen molar-refractivity contribution in [3.63, 3.8) is 0 Å². The second kappa shape index (κ2) is 7.47. The summed E-state index contributed by atoms with van der Waals surface area (Å²) in [7, 11) is -0.779. The van der Waals surface area contributed by atoms with Crippen LogP contribution in [-0.4, -0.2) is 39.0 Å². The Morgan fingerprint density at radius 1 is 1.30 bits per heavy atom. The Bertz CT molecular complexity index is 729. The normalized spacial score (nSPS) is 12.8. The number of methoxy groups -OCH3 is 2. The second-order valence-corrected chi connectivity index (χ2v) is 6.94. The minimum Gasteiger partial charge on any atom is -0.497 e. The van der Waals surface area contributed by atoms with Crippen LogP contribution in [0, 0.1) is 5.92 Å². The fourth-order valence-corrected chi connectivity index (χ4v) is 3.46. The maximum Gasteiger partial charge on any atom is 0.244 e. The van der Waals surface area contributed by atoms with Gasteiger partial charge in [0, 0.05) is 31.5 Å². The minimum absolute atomic E-state index is 0.0608. The van der Waals surface area contributed by atoms with Crippen molar-refractivity contribution in [3.05, 3.63) is 36.7 Å². The fraction of sp³-hybridized carbons (Fsp3) is 0.400. The number of nitrogens with zero attached hydrogens (tertiary/aromatic N) is 2. The van der Waals surface area contributed by atoms with E-state index in [-0.39, 0.29) is 16.6 Å². The molecule has 1 atom stereocenters. The van der Waals surface area contributed by atoms with Crippen molar-refractivity contribution < 1.29 is 17.9 Å². The minimum atomic E-state index is -3.69. The molecule has 0 aliphatic heterocycles. The zero-order valence-electron chi connectivity index (χ0n) is 13.4. The van der Waals surface area contributed by atoms with Gasteiger partial charge in [-0.2, -0.15) is 5.10 Å². The van der Waals surface area contributed by atoms with Gasteiger partial charge in [0.15, 0.2) is 0 Å². The van der Waals surface area contributed by atoms with Gasteiger partial charge < -0.3 is 9.47 Å². The zero-order valence-corrected chi connectivity index (χ0v) is 14.2. The molecule has 0 amide bonds. The summed E-state index contributed by atoms with van der Waals surface area (Å²) in [6, 6.07) is 6.50. The Morgan fingerprint density at radius 2 is 2.09 bits per heavy atom. The van der Waals surface area contributed by atoms with Crippen LogP contribution in [0.25, 0.3) is 0 Å². The van der Waals surface area contributed by atoms with Crippen LogP contribution in [0.2, 0.25) is 0 Å². The second-order valence-electron chi connectivity index (χ2n) is 5.20. The number of sulfonamides is 1. The number of benzene rings is 1. The summed E-state index contributed by atoms with van der Waals surface area (Å²) in [5.74, 6) is 0.815. The van der Waals surface area contributed by atoms with Gasteiger partial charge in [0.05, 0.1) is 14.2 Å². The SMILES string of the molecule is COc1ccc(OC)c(S(=O)(=O)NC[C@H](C)Cn2cccn2)c1. The summed E-state index contributed by atoms with van der Waals surface area (Å²) in [4.78, 5) is 0.0608. The summed E-state index contributed by atoms with van der Waals surface area (Å²) in [6.45, 7) is 2.88. The summed E-state index contributed by atoms with van der Waals surface area (Å²) in [5, 5.41) is 4.11. The largest absolute Gasteiger partial charge is 0.497 e. The Balaban J connectivity index is 2.09. The Morgan fingerprint density at radius 3 is 2.70 bits per heavy atom. The number of hydrogen-bond donors (Lipinski definition) is 1. The molecule has 0 radical (unpaired) electrons. The first kappa shape index (κ1) is 17.3. The monoisotopic (exact) mass is 339 g/mol. The third-order valence-electron chi connectivity index (χ3n) is 3.34. The van der Waals surface area contributed by atoms with E-state index in [2.05, 4.69) is 9.82 Å². The quantitative estimate of drug-likeness (QED) is 0.788. The molecule has 0 unspecified atom stereocenters. The maximum absolute atomic E-state index is 12.5. The molecular formula is C15H21N3O4S. The average molecular weight is 339 g/mol. The number of hydrogen-bond acceptors (Lipinski definition) is 5. The van der Waals surface area contributed by atoms with Crippen molar-refractivity contribution in [2.45, 2.75) is 18.4 Å². The number of ether oxygens (including phenoxy) is 2. The van der Waals surface area contributed by atoms with Gasteiger partial charge in [-0.05, 0) is 24.1 Å². The molecule has 0 aliphatic rings. The highest BCUT2D eigenvalue weighted by molar-refractivity contribution is 7.89. The third kappa shape index (κ3) is 4.46. The Labute approximate surface area is 136 Å². The predicted molar refractivity (Wildman–Crippen MR) is 86.1 cm³/mol. The van der Waals surface area contributed by atoms with Gasteiger partial charge in [-0.15, -0.1) is 0 Å². The lowest BCUT2D eigenvalue weighted by atomic mass is 10.2. The van der Waals surface area contributed by atoms with Crippen molar-refractivity contribution in [2.24, 2.45) is 5.92 Å². The molecule has 1 heterocycles. The number of aromatic nitrogens is 2. The maximum atomic E-state index is 12.5. The molecule has 0 aliphatic carbocycles. The number of rotatable bonds is 8. The van der Waals surface area contributed by atoms with E-state index in [0.29, 0.717) is 18.8 Å². The Kier molecular flexibility index (Phi) is 5.62. The van der Waals surface area contributed by atoms with Gasteiger partial charge in [-0.1, -0.05) is 6.92 Å². The van der Waals surface area contributed by atoms with Crippen LogP contribution in [0.3, 0.4) is 0 Å². The first-order chi connectivity index (χ1) is 11.0. The van der Waals surface area contributed by atoms with E-state index in [1.165, 1.54) is 20.3 Å². The van der Waals surface area contributed by atoms with Gasteiger partial charge in [0.2, 0.25) is 10.0 Å². The molecule has 0 saturated carbocycles. The molecule has 0 spiro atoms. The molecule has 1 aromatic carbocycles. The van der Waals surface area contributed by atoms with Crippen molar-refractivity contribution in [2.75, 3.05) is 20.8 Å². The first-order valence-electron chi connectivity index (χ1n) is 7.15. The summed E-state index contributed by atoms with van der Waals surface area (Å²) < 4.78 is 39.6.